The third-order valence-corrected chi connectivity index (χ3v) is 5.50. The average Bonchev–Trinajstić information content (AvgIpc) is 2.14. The first-order chi connectivity index (χ1) is 7.48. The van der Waals surface area contributed by atoms with E-state index >= 15 is 0 Å². The predicted molar refractivity (Wildman–Crippen MR) is 73.5 cm³/mol. The summed E-state index contributed by atoms with van der Waals surface area (Å²) in [6, 6.07) is 1.59. The molecule has 0 aromatic rings. The van der Waals surface area contributed by atoms with Crippen LogP contribution in [0.2, 0.25) is 0 Å². The van der Waals surface area contributed by atoms with Gasteiger partial charge in [0.25, 0.3) is 3.67 Å². The molecular weight excluding hydrogens is 354 g/mol. The molecule has 0 spiro atoms. The lowest BCUT2D eigenvalue weighted by Crippen LogP contribution is -2.33. The van der Waals surface area contributed by atoms with E-state index in [0.29, 0.717) is 16.3 Å². The summed E-state index contributed by atoms with van der Waals surface area (Å²) >= 11 is 22.9. The van der Waals surface area contributed by atoms with Crippen LogP contribution in [-0.4, -0.2) is 38.9 Å². The first-order valence-corrected chi connectivity index (χ1v) is 7.78. The molecule has 1 atom stereocenters. The highest BCUT2D eigenvalue weighted by Crippen LogP contribution is 2.43. The second-order valence-electron chi connectivity index (χ2n) is 2.84. The molecule has 0 heterocycles. The second kappa shape index (κ2) is 6.87. The molecule has 0 aliphatic carbocycles. The topological polar surface area (TPSA) is 62.0 Å². The zero-order chi connectivity index (χ0) is 13.9. The summed E-state index contributed by atoms with van der Waals surface area (Å²) in [6.45, 7) is 1.45. The summed E-state index contributed by atoms with van der Waals surface area (Å²) < 4.78 is 32.9. The van der Waals surface area contributed by atoms with Gasteiger partial charge in [-0.05, 0) is 6.92 Å². The van der Waals surface area contributed by atoms with Crippen molar-refractivity contribution in [1.82, 2.24) is 4.31 Å². The number of hydrogen-bond acceptors (Lipinski definition) is 3. The fraction of sp³-hybridized carbons (Fsp3) is 0.833. The molecule has 0 saturated heterocycles. The molecule has 5 nitrogen and oxygen atoms in total. The minimum Gasteiger partial charge on any atom is -0.273 e. The molecule has 0 rings (SSSR count). The Bertz CT molecular complexity index is 417. The van der Waals surface area contributed by atoms with E-state index in [4.69, 9.17) is 51.0 Å². The van der Waals surface area contributed by atoms with E-state index in [2.05, 4.69) is 10.3 Å². The Balaban J connectivity index is 4.58. The van der Waals surface area contributed by atoms with Crippen molar-refractivity contribution < 1.29 is 13.0 Å². The largest absolute Gasteiger partial charge is 0.353 e. The molecule has 0 aromatic heterocycles. The zero-order valence-corrected chi connectivity index (χ0v) is 13.3. The quantitative estimate of drug-likeness (QED) is 0.474. The monoisotopic (exact) mass is 361 g/mol. The molecule has 17 heavy (non-hydrogen) atoms. The fourth-order valence-corrected chi connectivity index (χ4v) is 1.78. The first-order valence-electron chi connectivity index (χ1n) is 3.98. The Morgan fingerprint density at radius 3 is 2.29 bits per heavy atom. The van der Waals surface area contributed by atoms with Gasteiger partial charge in [0.2, 0.25) is 0 Å². The molecule has 11 heteroatoms. The predicted octanol–water partition coefficient (Wildman–Crippen LogP) is 3.03. The third-order valence-electron chi connectivity index (χ3n) is 1.57. The van der Waals surface area contributed by atoms with Crippen LogP contribution < -0.4 is 0 Å². The van der Waals surface area contributed by atoms with Gasteiger partial charge in [0.05, 0.1) is 0 Å². The van der Waals surface area contributed by atoms with Crippen LogP contribution in [-0.2, 0) is 10.3 Å². The van der Waals surface area contributed by atoms with Crippen LogP contribution in [0.4, 0.5) is 0 Å². The van der Waals surface area contributed by atoms with Gasteiger partial charge in [0.15, 0.2) is 10.9 Å². The molecule has 0 radical (unpaired) electrons. The lowest BCUT2D eigenvalue weighted by Gasteiger charge is -2.11. The molecule has 0 amide bonds. The normalized spacial score (nSPS) is 14.6. The van der Waals surface area contributed by atoms with E-state index in [-0.39, 0.29) is 0 Å². The molecular formula is C6H9Cl4N2O3S2+. The maximum absolute atomic E-state index is 10.7. The van der Waals surface area contributed by atoms with Crippen LogP contribution in [0.3, 0.4) is 0 Å². The second-order valence-corrected chi connectivity index (χ2v) is 8.26. The highest BCUT2D eigenvalue weighted by atomic mass is 35.5. The van der Waals surface area contributed by atoms with Crippen molar-refractivity contribution in [2.75, 3.05) is 7.05 Å². The Hall–Kier alpha value is 0.870. The standard InChI is InChI=1S/C6H8Cl4N2O3S2/c1-4(12(2)17(13,14)15)3-11-16-6(9,10)5(7)8/h4-5H,1-2H3/p+1. The van der Waals surface area contributed by atoms with Gasteiger partial charge in [-0.25, -0.2) is 0 Å². The van der Waals surface area contributed by atoms with Crippen molar-refractivity contribution in [1.29, 1.82) is 0 Å². The number of nitrogens with zero attached hydrogens (tertiary/aromatic N) is 2. The van der Waals surface area contributed by atoms with Crippen molar-refractivity contribution in [3.8, 4) is 6.07 Å². The van der Waals surface area contributed by atoms with E-state index in [1.165, 1.54) is 6.92 Å². The molecule has 1 unspecified atom stereocenters. The zero-order valence-electron chi connectivity index (χ0n) is 8.64. The van der Waals surface area contributed by atoms with Crippen LogP contribution >= 0.6 is 58.4 Å². The van der Waals surface area contributed by atoms with Gasteiger partial charge in [0.1, 0.15) is 0 Å². The Kier molecular flexibility index (Phi) is 7.22. The Labute approximate surface area is 124 Å². The maximum Gasteiger partial charge on any atom is 0.353 e. The molecule has 0 saturated carbocycles. The van der Waals surface area contributed by atoms with Gasteiger partial charge in [-0.1, -0.05) is 23.2 Å². The van der Waals surface area contributed by atoms with Gasteiger partial charge in [-0.15, -0.1) is 23.2 Å². The molecule has 0 aromatic carbocycles. The highest BCUT2D eigenvalue weighted by molar-refractivity contribution is 8.05. The van der Waals surface area contributed by atoms with Crippen molar-refractivity contribution in [3.05, 3.63) is 4.25 Å². The summed E-state index contributed by atoms with van der Waals surface area (Å²) in [5.74, 6) is 0. The van der Waals surface area contributed by atoms with Crippen LogP contribution in [0.25, 0.3) is 4.25 Å². The van der Waals surface area contributed by atoms with Gasteiger partial charge in [-0.3, -0.25) is 4.55 Å². The fourth-order valence-electron chi connectivity index (χ4n) is 0.484. The SMILES string of the molecule is CC(C#[N+]SC(Cl)(Cl)C(Cl)Cl)N(C)S(=O)(=O)O. The number of hydrogen-bond donors (Lipinski definition) is 1. The minimum absolute atomic E-state index is 0.621. The Morgan fingerprint density at radius 1 is 1.47 bits per heavy atom. The van der Waals surface area contributed by atoms with Crippen LogP contribution in [0, 0.1) is 6.07 Å². The minimum atomic E-state index is -4.30. The molecule has 0 fully saturated rings. The van der Waals surface area contributed by atoms with Crippen LogP contribution in [0.15, 0.2) is 0 Å². The van der Waals surface area contributed by atoms with Gasteiger partial charge < -0.3 is 0 Å². The van der Waals surface area contributed by atoms with Crippen molar-refractivity contribution in [2.24, 2.45) is 0 Å². The van der Waals surface area contributed by atoms with E-state index in [1.54, 1.807) is 0 Å². The maximum atomic E-state index is 10.7. The van der Waals surface area contributed by atoms with Gasteiger partial charge in [0, 0.05) is 11.3 Å². The van der Waals surface area contributed by atoms with Crippen molar-refractivity contribution in [3.63, 3.8) is 0 Å². The molecule has 0 aliphatic heterocycles. The van der Waals surface area contributed by atoms with E-state index < -0.39 is 24.8 Å². The highest BCUT2D eigenvalue weighted by Gasteiger charge is 2.41. The summed E-state index contributed by atoms with van der Waals surface area (Å²) in [6.07, 6.45) is 0. The summed E-state index contributed by atoms with van der Waals surface area (Å²) in [5.41, 5.74) is 0. The molecule has 1 N–H and O–H groups in total. The number of halogens is 4. The van der Waals surface area contributed by atoms with Crippen LogP contribution in [0.1, 0.15) is 6.92 Å². The molecule has 100 valence electrons. The van der Waals surface area contributed by atoms with Crippen molar-refractivity contribution in [2.45, 2.75) is 21.5 Å². The lowest BCUT2D eigenvalue weighted by molar-refractivity contribution is 0.371. The van der Waals surface area contributed by atoms with E-state index in [0.717, 1.165) is 7.05 Å². The summed E-state index contributed by atoms with van der Waals surface area (Å²) in [7, 11) is -3.14. The average molecular weight is 363 g/mol. The summed E-state index contributed by atoms with van der Waals surface area (Å²) in [4.78, 5) is -1.09. The molecule has 0 bridgehead atoms. The molecule has 0 aliphatic rings. The first kappa shape index (κ1) is 17.9. The Morgan fingerprint density at radius 2 is 1.94 bits per heavy atom. The van der Waals surface area contributed by atoms with E-state index in [1.807, 2.05) is 0 Å². The third kappa shape index (κ3) is 6.55. The smallest absolute Gasteiger partial charge is 0.273 e. The lowest BCUT2D eigenvalue weighted by atomic mass is 10.4. The number of rotatable bonds is 4. The summed E-state index contributed by atoms with van der Waals surface area (Å²) in [5, 5.41) is 0. The van der Waals surface area contributed by atoms with Gasteiger partial charge in [-0.2, -0.15) is 12.7 Å². The van der Waals surface area contributed by atoms with E-state index in [9.17, 15) is 8.42 Å². The van der Waals surface area contributed by atoms with Crippen LogP contribution in [0.5, 0.6) is 0 Å². The van der Waals surface area contributed by atoms with Gasteiger partial charge >= 0.3 is 28.3 Å². The van der Waals surface area contributed by atoms with Crippen molar-refractivity contribution >= 4 is 68.7 Å². The number of alkyl halides is 4.